The van der Waals surface area contributed by atoms with E-state index in [4.69, 9.17) is 4.74 Å². The molecule has 0 spiro atoms. The van der Waals surface area contributed by atoms with Crippen molar-refractivity contribution < 1.29 is 24.2 Å². The van der Waals surface area contributed by atoms with Gasteiger partial charge in [-0.05, 0) is 65.7 Å². The number of nitrogens with zero attached hydrogens (tertiary/aromatic N) is 1. The average Bonchev–Trinajstić information content (AvgIpc) is 2.57. The Kier molecular flexibility index (Phi) is 8.69. The Bertz CT molecular complexity index is 733. The van der Waals surface area contributed by atoms with E-state index in [1.165, 1.54) is 17.0 Å². The van der Waals surface area contributed by atoms with Crippen LogP contribution < -0.4 is 10.6 Å². The zero-order chi connectivity index (χ0) is 23.1. The molecular weight excluding hydrogens is 386 g/mol. The molecule has 0 heterocycles. The van der Waals surface area contributed by atoms with Crippen molar-refractivity contribution in [1.29, 1.82) is 0 Å². The van der Waals surface area contributed by atoms with Crippen molar-refractivity contribution in [1.82, 2.24) is 15.5 Å². The van der Waals surface area contributed by atoms with Crippen LogP contribution in [0.3, 0.4) is 0 Å². The van der Waals surface area contributed by atoms with E-state index in [0.29, 0.717) is 18.5 Å². The topological polar surface area (TPSA) is 108 Å². The van der Waals surface area contributed by atoms with Crippen LogP contribution >= 0.6 is 0 Å². The fourth-order valence-corrected chi connectivity index (χ4v) is 2.77. The number of aromatic hydroxyl groups is 1. The molecule has 0 aliphatic rings. The molecule has 1 rings (SSSR count). The molecule has 0 aliphatic heterocycles. The third-order valence-corrected chi connectivity index (χ3v) is 3.83. The fourth-order valence-electron chi connectivity index (χ4n) is 2.77. The summed E-state index contributed by atoms with van der Waals surface area (Å²) >= 11 is 0. The summed E-state index contributed by atoms with van der Waals surface area (Å²) in [6, 6.07) is 5.26. The van der Waals surface area contributed by atoms with E-state index in [0.717, 1.165) is 0 Å². The number of hydrogen-bond acceptors (Lipinski definition) is 5. The number of carbonyl (C=O) groups excluding carboxylic acids is 3. The van der Waals surface area contributed by atoms with Crippen molar-refractivity contribution in [3.05, 3.63) is 29.8 Å². The van der Waals surface area contributed by atoms with Crippen molar-refractivity contribution in [3.8, 4) is 5.75 Å². The number of hydrogen-bond donors (Lipinski definition) is 3. The molecule has 0 saturated carbocycles. The number of phenolic OH excluding ortho intramolecular Hbond substituents is 1. The monoisotopic (exact) mass is 421 g/mol. The van der Waals surface area contributed by atoms with E-state index in [-0.39, 0.29) is 18.2 Å². The molecule has 0 aromatic heterocycles. The predicted molar refractivity (Wildman–Crippen MR) is 115 cm³/mol. The Labute approximate surface area is 179 Å². The second-order valence-electron chi connectivity index (χ2n) is 9.18. The molecule has 3 amide bonds. The molecule has 1 atom stereocenters. The lowest BCUT2D eigenvalue weighted by Gasteiger charge is -2.33. The van der Waals surface area contributed by atoms with Crippen LogP contribution in [-0.2, 0) is 14.3 Å². The van der Waals surface area contributed by atoms with Gasteiger partial charge in [0.2, 0.25) is 11.8 Å². The van der Waals surface area contributed by atoms with Crippen LogP contribution in [-0.4, -0.2) is 52.1 Å². The lowest BCUT2D eigenvalue weighted by Crippen LogP contribution is -2.51. The van der Waals surface area contributed by atoms with Crippen molar-refractivity contribution in [2.24, 2.45) is 0 Å². The van der Waals surface area contributed by atoms with E-state index in [1.807, 2.05) is 27.7 Å². The molecule has 0 saturated heterocycles. The maximum atomic E-state index is 13.1. The van der Waals surface area contributed by atoms with Crippen LogP contribution in [0, 0.1) is 0 Å². The predicted octanol–water partition coefficient (Wildman–Crippen LogP) is 3.11. The third kappa shape index (κ3) is 8.71. The van der Waals surface area contributed by atoms with Crippen LogP contribution in [0.5, 0.6) is 5.75 Å². The molecule has 0 fully saturated rings. The maximum absolute atomic E-state index is 13.1. The maximum Gasteiger partial charge on any atom is 0.408 e. The Morgan fingerprint density at radius 2 is 1.63 bits per heavy atom. The first-order valence-corrected chi connectivity index (χ1v) is 10.1. The molecule has 0 bridgehead atoms. The number of alkyl carbamates (subject to hydrolysis) is 1. The van der Waals surface area contributed by atoms with Crippen molar-refractivity contribution in [2.75, 3.05) is 13.1 Å². The van der Waals surface area contributed by atoms with Crippen LogP contribution in [0.25, 0.3) is 0 Å². The first-order chi connectivity index (χ1) is 13.7. The van der Waals surface area contributed by atoms with Crippen molar-refractivity contribution in [2.45, 2.75) is 72.1 Å². The smallest absolute Gasteiger partial charge is 0.408 e. The van der Waals surface area contributed by atoms with Gasteiger partial charge in [0.05, 0.1) is 0 Å². The van der Waals surface area contributed by atoms with Gasteiger partial charge >= 0.3 is 6.09 Å². The standard InChI is InChI=1S/C22H35N3O5/c1-8-13-25(17(27)14-23-20(29)30-22(5,6)7)18(19(28)24-21(2,3)4)15-9-11-16(26)12-10-15/h9-12,18,26H,8,13-14H2,1-7H3,(H,23,29)(H,24,28). The van der Waals surface area contributed by atoms with Gasteiger partial charge in [-0.2, -0.15) is 0 Å². The minimum absolute atomic E-state index is 0.0636. The van der Waals surface area contributed by atoms with Gasteiger partial charge in [-0.3, -0.25) is 9.59 Å². The minimum Gasteiger partial charge on any atom is -0.508 e. The molecule has 8 nitrogen and oxygen atoms in total. The summed E-state index contributed by atoms with van der Waals surface area (Å²) in [5.74, 6) is -0.689. The van der Waals surface area contributed by atoms with E-state index in [1.54, 1.807) is 32.9 Å². The first kappa shape index (κ1) is 25.3. The van der Waals surface area contributed by atoms with Gasteiger partial charge in [0.25, 0.3) is 0 Å². The number of rotatable bonds is 7. The lowest BCUT2D eigenvalue weighted by atomic mass is 10.0. The number of phenols is 1. The molecular formula is C22H35N3O5. The molecule has 1 unspecified atom stereocenters. The van der Waals surface area contributed by atoms with Crippen LogP contribution in [0.15, 0.2) is 24.3 Å². The Morgan fingerprint density at radius 1 is 1.07 bits per heavy atom. The van der Waals surface area contributed by atoms with E-state index in [2.05, 4.69) is 10.6 Å². The molecule has 3 N–H and O–H groups in total. The number of nitrogens with one attached hydrogen (secondary N) is 2. The summed E-state index contributed by atoms with van der Waals surface area (Å²) < 4.78 is 5.17. The molecule has 8 heteroatoms. The average molecular weight is 422 g/mol. The first-order valence-electron chi connectivity index (χ1n) is 10.1. The number of ether oxygens (including phenoxy) is 1. The quantitative estimate of drug-likeness (QED) is 0.627. The highest BCUT2D eigenvalue weighted by Crippen LogP contribution is 2.25. The molecule has 0 radical (unpaired) electrons. The summed E-state index contributed by atoms with van der Waals surface area (Å²) in [6.07, 6.45) is -0.0807. The highest BCUT2D eigenvalue weighted by Gasteiger charge is 2.33. The summed E-state index contributed by atoms with van der Waals surface area (Å²) in [7, 11) is 0. The second-order valence-corrected chi connectivity index (χ2v) is 9.18. The normalized spacial score (nSPS) is 12.6. The highest BCUT2D eigenvalue weighted by atomic mass is 16.6. The molecule has 168 valence electrons. The Morgan fingerprint density at radius 3 is 2.10 bits per heavy atom. The largest absolute Gasteiger partial charge is 0.508 e. The van der Waals surface area contributed by atoms with Crippen molar-refractivity contribution in [3.63, 3.8) is 0 Å². The summed E-state index contributed by atoms with van der Waals surface area (Å²) in [5, 5.41) is 15.0. The van der Waals surface area contributed by atoms with E-state index in [9.17, 15) is 19.5 Å². The van der Waals surface area contributed by atoms with E-state index < -0.39 is 29.2 Å². The van der Waals surface area contributed by atoms with Crippen LogP contribution in [0.1, 0.15) is 66.5 Å². The summed E-state index contributed by atoms with van der Waals surface area (Å²) in [5.41, 5.74) is -0.618. The highest BCUT2D eigenvalue weighted by molar-refractivity contribution is 5.90. The zero-order valence-electron chi connectivity index (χ0n) is 19.0. The lowest BCUT2D eigenvalue weighted by molar-refractivity contribution is -0.141. The fraction of sp³-hybridized carbons (Fsp3) is 0.591. The summed E-state index contributed by atoms with van der Waals surface area (Å²) in [6.45, 7) is 12.7. The molecule has 1 aromatic carbocycles. The summed E-state index contributed by atoms with van der Waals surface area (Å²) in [4.78, 5) is 39.5. The molecule has 30 heavy (non-hydrogen) atoms. The SMILES string of the molecule is CCCN(C(=O)CNC(=O)OC(C)(C)C)C(C(=O)NC(C)(C)C)c1ccc(O)cc1. The second kappa shape index (κ2) is 10.3. The van der Waals surface area contributed by atoms with Gasteiger partial charge in [0, 0.05) is 12.1 Å². The molecule has 1 aromatic rings. The van der Waals surface area contributed by atoms with Gasteiger partial charge in [-0.25, -0.2) is 4.79 Å². The van der Waals surface area contributed by atoms with Gasteiger partial charge in [-0.1, -0.05) is 19.1 Å². The van der Waals surface area contributed by atoms with Gasteiger partial charge in [0.15, 0.2) is 0 Å². The van der Waals surface area contributed by atoms with Crippen LogP contribution in [0.2, 0.25) is 0 Å². The molecule has 0 aliphatic carbocycles. The Hall–Kier alpha value is -2.77. The number of amides is 3. The van der Waals surface area contributed by atoms with Gasteiger partial charge < -0.3 is 25.4 Å². The number of benzene rings is 1. The number of carbonyl (C=O) groups is 3. The minimum atomic E-state index is -0.905. The Balaban J connectivity index is 3.13. The van der Waals surface area contributed by atoms with E-state index >= 15 is 0 Å². The van der Waals surface area contributed by atoms with Gasteiger partial charge in [-0.15, -0.1) is 0 Å². The van der Waals surface area contributed by atoms with Gasteiger partial charge in [0.1, 0.15) is 23.9 Å². The van der Waals surface area contributed by atoms with Crippen LogP contribution in [0.4, 0.5) is 4.79 Å². The third-order valence-electron chi connectivity index (χ3n) is 3.83. The zero-order valence-corrected chi connectivity index (χ0v) is 19.0. The van der Waals surface area contributed by atoms with Crippen molar-refractivity contribution >= 4 is 17.9 Å².